The van der Waals surface area contributed by atoms with Gasteiger partial charge in [-0.15, -0.1) is 0 Å². The molecule has 2 N–H and O–H groups in total. The van der Waals surface area contributed by atoms with Crippen LogP contribution in [0.1, 0.15) is 34.1 Å². The monoisotopic (exact) mass is 335 g/mol. The maximum atomic E-state index is 12.4. The SMILES string of the molecule is CCOc1ccccc1NC(=O)CN1C(=S)NC(C)(C)CC1C. The molecule has 0 aromatic heterocycles. The minimum Gasteiger partial charge on any atom is -0.492 e. The Bertz CT molecular complexity index is 589. The highest BCUT2D eigenvalue weighted by Gasteiger charge is 2.33. The van der Waals surface area contributed by atoms with E-state index in [2.05, 4.69) is 31.4 Å². The van der Waals surface area contributed by atoms with Gasteiger partial charge in [-0.3, -0.25) is 4.79 Å². The molecule has 1 amide bonds. The van der Waals surface area contributed by atoms with Crippen molar-refractivity contribution in [1.82, 2.24) is 10.2 Å². The van der Waals surface area contributed by atoms with Crippen molar-refractivity contribution in [3.63, 3.8) is 0 Å². The van der Waals surface area contributed by atoms with E-state index in [0.717, 1.165) is 6.42 Å². The number of rotatable bonds is 5. The number of carbonyl (C=O) groups excluding carboxylic acids is 1. The van der Waals surface area contributed by atoms with Crippen LogP contribution >= 0.6 is 12.2 Å². The zero-order valence-corrected chi connectivity index (χ0v) is 15.0. The molecule has 0 aliphatic carbocycles. The van der Waals surface area contributed by atoms with Gasteiger partial charge in [-0.25, -0.2) is 0 Å². The summed E-state index contributed by atoms with van der Waals surface area (Å²) < 4.78 is 5.53. The molecule has 0 spiro atoms. The normalized spacial score (nSPS) is 19.9. The Morgan fingerprint density at radius 1 is 1.48 bits per heavy atom. The van der Waals surface area contributed by atoms with Crippen molar-refractivity contribution in [3.05, 3.63) is 24.3 Å². The van der Waals surface area contributed by atoms with E-state index in [0.29, 0.717) is 23.2 Å². The van der Waals surface area contributed by atoms with Gasteiger partial charge in [0.1, 0.15) is 5.75 Å². The van der Waals surface area contributed by atoms with Crippen molar-refractivity contribution in [2.24, 2.45) is 0 Å². The van der Waals surface area contributed by atoms with Crippen LogP contribution in [0, 0.1) is 0 Å². The Balaban J connectivity index is 2.01. The molecule has 5 nitrogen and oxygen atoms in total. The molecule has 1 heterocycles. The zero-order chi connectivity index (χ0) is 17.0. The van der Waals surface area contributed by atoms with Gasteiger partial charge < -0.3 is 20.3 Å². The molecule has 2 rings (SSSR count). The van der Waals surface area contributed by atoms with Gasteiger partial charge in [-0.1, -0.05) is 12.1 Å². The number of hydrogen-bond acceptors (Lipinski definition) is 3. The number of nitrogens with one attached hydrogen (secondary N) is 2. The second kappa shape index (κ2) is 7.17. The third kappa shape index (κ3) is 4.58. The first-order valence-electron chi connectivity index (χ1n) is 7.93. The molecule has 1 saturated heterocycles. The summed E-state index contributed by atoms with van der Waals surface area (Å²) in [6, 6.07) is 7.65. The predicted molar refractivity (Wildman–Crippen MR) is 96.8 cm³/mol. The largest absolute Gasteiger partial charge is 0.492 e. The van der Waals surface area contributed by atoms with Crippen LogP contribution in [0.25, 0.3) is 0 Å². The van der Waals surface area contributed by atoms with Gasteiger partial charge in [0.25, 0.3) is 0 Å². The molecular formula is C17H25N3O2S. The lowest BCUT2D eigenvalue weighted by atomic mass is 9.93. The number of benzene rings is 1. The smallest absolute Gasteiger partial charge is 0.244 e. The fourth-order valence-corrected chi connectivity index (χ4v) is 3.41. The van der Waals surface area contributed by atoms with E-state index < -0.39 is 0 Å². The summed E-state index contributed by atoms with van der Waals surface area (Å²) in [6.45, 7) is 9.02. The van der Waals surface area contributed by atoms with E-state index in [4.69, 9.17) is 17.0 Å². The van der Waals surface area contributed by atoms with Crippen molar-refractivity contribution in [2.75, 3.05) is 18.5 Å². The summed E-state index contributed by atoms with van der Waals surface area (Å²) in [5.74, 6) is 0.574. The maximum absolute atomic E-state index is 12.4. The minimum absolute atomic E-state index is 0.0367. The Morgan fingerprint density at radius 3 is 2.83 bits per heavy atom. The van der Waals surface area contributed by atoms with Crippen molar-refractivity contribution in [3.8, 4) is 5.75 Å². The first-order valence-corrected chi connectivity index (χ1v) is 8.33. The maximum Gasteiger partial charge on any atom is 0.244 e. The van der Waals surface area contributed by atoms with Gasteiger partial charge in [-0.05, 0) is 58.5 Å². The first-order chi connectivity index (χ1) is 10.8. The van der Waals surface area contributed by atoms with Crippen LogP contribution in [0.5, 0.6) is 5.75 Å². The van der Waals surface area contributed by atoms with Gasteiger partial charge >= 0.3 is 0 Å². The number of para-hydroxylation sites is 2. The average molecular weight is 335 g/mol. The molecule has 1 aromatic carbocycles. The highest BCUT2D eigenvalue weighted by molar-refractivity contribution is 7.80. The molecule has 126 valence electrons. The van der Waals surface area contributed by atoms with Crippen molar-refractivity contribution in [1.29, 1.82) is 0 Å². The Kier molecular flexibility index (Phi) is 5.46. The van der Waals surface area contributed by atoms with Crippen LogP contribution < -0.4 is 15.4 Å². The Labute approximate surface area is 143 Å². The second-order valence-corrected chi connectivity index (χ2v) is 6.86. The summed E-state index contributed by atoms with van der Waals surface area (Å²) in [5, 5.41) is 6.83. The number of hydrogen-bond donors (Lipinski definition) is 2. The highest BCUT2D eigenvalue weighted by Crippen LogP contribution is 2.25. The summed E-state index contributed by atoms with van der Waals surface area (Å²) in [4.78, 5) is 14.3. The molecule has 1 aliphatic rings. The average Bonchev–Trinajstić information content (AvgIpc) is 2.44. The molecular weight excluding hydrogens is 310 g/mol. The van der Waals surface area contributed by atoms with E-state index >= 15 is 0 Å². The molecule has 0 radical (unpaired) electrons. The standard InChI is InChI=1S/C17H25N3O2S/c1-5-22-14-9-7-6-8-13(14)18-15(21)11-20-12(2)10-17(3,4)19-16(20)23/h6-9,12H,5,10-11H2,1-4H3,(H,18,21)(H,19,23). The fraction of sp³-hybridized carbons (Fsp3) is 0.529. The molecule has 1 atom stereocenters. The van der Waals surface area contributed by atoms with E-state index in [1.165, 1.54) is 0 Å². The molecule has 6 heteroatoms. The summed E-state index contributed by atoms with van der Waals surface area (Å²) in [6.07, 6.45) is 0.927. The van der Waals surface area contributed by atoms with Gasteiger partial charge in [0.15, 0.2) is 5.11 Å². The number of thiocarbonyl (C=S) groups is 1. The fourth-order valence-electron chi connectivity index (χ4n) is 2.88. The van der Waals surface area contributed by atoms with E-state index in [1.807, 2.05) is 36.1 Å². The van der Waals surface area contributed by atoms with Gasteiger partial charge in [-0.2, -0.15) is 0 Å². The van der Waals surface area contributed by atoms with Crippen molar-refractivity contribution >= 4 is 28.9 Å². The van der Waals surface area contributed by atoms with Crippen LogP contribution in [0.4, 0.5) is 5.69 Å². The number of amides is 1. The molecule has 0 saturated carbocycles. The first kappa shape index (κ1) is 17.5. The molecule has 1 aliphatic heterocycles. The van der Waals surface area contributed by atoms with Crippen molar-refractivity contribution < 1.29 is 9.53 Å². The van der Waals surface area contributed by atoms with Crippen LogP contribution in [0.2, 0.25) is 0 Å². The van der Waals surface area contributed by atoms with E-state index in [1.54, 1.807) is 0 Å². The van der Waals surface area contributed by atoms with Gasteiger partial charge in [0.2, 0.25) is 5.91 Å². The van der Waals surface area contributed by atoms with Crippen molar-refractivity contribution in [2.45, 2.75) is 45.7 Å². The number of nitrogens with zero attached hydrogens (tertiary/aromatic N) is 1. The summed E-state index contributed by atoms with van der Waals surface area (Å²) in [5.41, 5.74) is 0.647. The Morgan fingerprint density at radius 2 is 2.17 bits per heavy atom. The zero-order valence-electron chi connectivity index (χ0n) is 14.2. The molecule has 0 bridgehead atoms. The topological polar surface area (TPSA) is 53.6 Å². The van der Waals surface area contributed by atoms with E-state index in [-0.39, 0.29) is 24.0 Å². The third-order valence-corrected chi connectivity index (χ3v) is 4.16. The lowest BCUT2D eigenvalue weighted by Gasteiger charge is -2.44. The third-order valence-electron chi connectivity index (χ3n) is 3.82. The van der Waals surface area contributed by atoms with Crippen LogP contribution in [0.3, 0.4) is 0 Å². The quantitative estimate of drug-likeness (QED) is 0.811. The Hall–Kier alpha value is -1.82. The number of carbonyl (C=O) groups is 1. The molecule has 1 unspecified atom stereocenters. The summed E-state index contributed by atoms with van der Waals surface area (Å²) >= 11 is 5.41. The number of anilines is 1. The molecule has 23 heavy (non-hydrogen) atoms. The van der Waals surface area contributed by atoms with Gasteiger partial charge in [0.05, 0.1) is 18.8 Å². The molecule has 1 fully saturated rings. The lowest BCUT2D eigenvalue weighted by Crippen LogP contribution is -2.61. The van der Waals surface area contributed by atoms with Crippen LogP contribution in [0.15, 0.2) is 24.3 Å². The predicted octanol–water partition coefficient (Wildman–Crippen LogP) is 2.77. The lowest BCUT2D eigenvalue weighted by molar-refractivity contribution is -0.117. The second-order valence-electron chi connectivity index (χ2n) is 6.47. The molecule has 1 aromatic rings. The summed E-state index contributed by atoms with van der Waals surface area (Å²) in [7, 11) is 0. The number of ether oxygens (including phenoxy) is 1. The van der Waals surface area contributed by atoms with Crippen LogP contribution in [-0.2, 0) is 4.79 Å². The van der Waals surface area contributed by atoms with E-state index in [9.17, 15) is 4.79 Å². The highest BCUT2D eigenvalue weighted by atomic mass is 32.1. The van der Waals surface area contributed by atoms with Gasteiger partial charge in [0, 0.05) is 11.6 Å². The van der Waals surface area contributed by atoms with Crippen LogP contribution in [-0.4, -0.2) is 40.7 Å². The minimum atomic E-state index is -0.104.